The third-order valence-corrected chi connectivity index (χ3v) is 6.77. The first kappa shape index (κ1) is 23.5. The Balaban J connectivity index is 0.00000140. The van der Waals surface area contributed by atoms with Gasteiger partial charge in [0.2, 0.25) is 5.91 Å². The van der Waals surface area contributed by atoms with E-state index in [9.17, 15) is 4.79 Å². The first-order valence-electron chi connectivity index (χ1n) is 10.5. The molecule has 1 aromatic carbocycles. The maximum Gasteiger partial charge on any atom is 0.220 e. The van der Waals surface area contributed by atoms with Crippen LogP contribution in [-0.2, 0) is 4.79 Å². The largest absolute Gasteiger partial charge is 0.353 e. The molecule has 3 unspecified atom stereocenters. The molecule has 3 saturated heterocycles. The molecular formula is C22H35Cl2N3O. The topological polar surface area (TPSA) is 44.4 Å². The summed E-state index contributed by atoms with van der Waals surface area (Å²) in [5, 5.41) is 7.00. The summed E-state index contributed by atoms with van der Waals surface area (Å²) in [7, 11) is 0. The lowest BCUT2D eigenvalue weighted by Gasteiger charge is -2.37. The number of amides is 1. The van der Waals surface area contributed by atoms with Crippen molar-refractivity contribution in [1.29, 1.82) is 0 Å². The van der Waals surface area contributed by atoms with E-state index in [2.05, 4.69) is 52.8 Å². The molecule has 1 amide bonds. The zero-order chi connectivity index (χ0) is 17.9. The lowest BCUT2D eigenvalue weighted by Crippen LogP contribution is -2.46. The number of nitrogens with zero attached hydrogens (tertiary/aromatic N) is 1. The molecule has 3 heterocycles. The number of carbonyl (C=O) groups excluding carboxylic acids is 1. The van der Waals surface area contributed by atoms with Crippen LogP contribution in [0.1, 0.15) is 63.5 Å². The van der Waals surface area contributed by atoms with Crippen molar-refractivity contribution < 1.29 is 4.79 Å². The fourth-order valence-electron chi connectivity index (χ4n) is 5.26. The van der Waals surface area contributed by atoms with Crippen molar-refractivity contribution in [2.45, 2.75) is 76.0 Å². The summed E-state index contributed by atoms with van der Waals surface area (Å²) in [5.41, 5.74) is 1.38. The number of hydrogen-bond acceptors (Lipinski definition) is 3. The van der Waals surface area contributed by atoms with E-state index in [1.807, 2.05) is 0 Å². The Bertz CT molecular complexity index is 595. The minimum atomic E-state index is 0. The predicted octanol–water partition coefficient (Wildman–Crippen LogP) is 4.09. The third-order valence-electron chi connectivity index (χ3n) is 6.77. The van der Waals surface area contributed by atoms with Crippen molar-refractivity contribution >= 4 is 30.7 Å². The van der Waals surface area contributed by atoms with Crippen LogP contribution in [0.4, 0.5) is 0 Å². The number of carbonyl (C=O) groups is 1. The van der Waals surface area contributed by atoms with Gasteiger partial charge in [-0.3, -0.25) is 9.69 Å². The number of likely N-dealkylation sites (tertiary alicyclic amines) is 1. The molecule has 158 valence electrons. The van der Waals surface area contributed by atoms with Crippen LogP contribution in [-0.4, -0.2) is 42.0 Å². The Hall–Kier alpha value is -0.810. The van der Waals surface area contributed by atoms with E-state index in [0.717, 1.165) is 32.4 Å². The Kier molecular flexibility index (Phi) is 9.07. The predicted molar refractivity (Wildman–Crippen MR) is 119 cm³/mol. The van der Waals surface area contributed by atoms with Gasteiger partial charge in [-0.05, 0) is 56.9 Å². The van der Waals surface area contributed by atoms with Crippen molar-refractivity contribution in [2.24, 2.45) is 5.92 Å². The maximum absolute atomic E-state index is 12.5. The maximum atomic E-state index is 12.5. The van der Waals surface area contributed by atoms with Crippen LogP contribution in [0.5, 0.6) is 0 Å². The Morgan fingerprint density at radius 3 is 2.29 bits per heavy atom. The highest BCUT2D eigenvalue weighted by molar-refractivity contribution is 5.85. The average Bonchev–Trinajstić information content (AvgIpc) is 3.00. The molecule has 4 rings (SSSR count). The van der Waals surface area contributed by atoms with Gasteiger partial charge in [-0.1, -0.05) is 30.3 Å². The summed E-state index contributed by atoms with van der Waals surface area (Å²) in [6, 6.07) is 12.9. The second-order valence-electron chi connectivity index (χ2n) is 8.64. The van der Waals surface area contributed by atoms with E-state index in [1.165, 1.54) is 31.2 Å². The summed E-state index contributed by atoms with van der Waals surface area (Å²) >= 11 is 0. The molecule has 3 atom stereocenters. The van der Waals surface area contributed by atoms with Crippen molar-refractivity contribution in [3.05, 3.63) is 35.9 Å². The number of nitrogens with one attached hydrogen (secondary N) is 2. The fourth-order valence-corrected chi connectivity index (χ4v) is 5.26. The quantitative estimate of drug-likeness (QED) is 0.743. The average molecular weight is 428 g/mol. The number of hydrogen-bond donors (Lipinski definition) is 2. The van der Waals surface area contributed by atoms with Crippen molar-refractivity contribution in [1.82, 2.24) is 15.5 Å². The van der Waals surface area contributed by atoms with E-state index >= 15 is 0 Å². The van der Waals surface area contributed by atoms with Crippen LogP contribution < -0.4 is 10.6 Å². The molecule has 0 aliphatic carbocycles. The molecule has 1 aromatic rings. The van der Waals surface area contributed by atoms with Crippen LogP contribution >= 0.6 is 24.8 Å². The number of halogens is 2. The van der Waals surface area contributed by atoms with Gasteiger partial charge in [0, 0.05) is 43.7 Å². The molecule has 6 heteroatoms. The minimum Gasteiger partial charge on any atom is -0.353 e. The zero-order valence-electron chi connectivity index (χ0n) is 16.8. The molecule has 28 heavy (non-hydrogen) atoms. The van der Waals surface area contributed by atoms with Crippen LogP contribution in [0.3, 0.4) is 0 Å². The van der Waals surface area contributed by atoms with E-state index < -0.39 is 0 Å². The molecule has 3 fully saturated rings. The van der Waals surface area contributed by atoms with Gasteiger partial charge in [0.1, 0.15) is 0 Å². The Morgan fingerprint density at radius 2 is 1.68 bits per heavy atom. The highest BCUT2D eigenvalue weighted by Gasteiger charge is 2.34. The van der Waals surface area contributed by atoms with E-state index in [0.29, 0.717) is 30.1 Å². The highest BCUT2D eigenvalue weighted by atomic mass is 35.5. The monoisotopic (exact) mass is 427 g/mol. The molecule has 0 radical (unpaired) electrons. The van der Waals surface area contributed by atoms with Crippen molar-refractivity contribution in [2.75, 3.05) is 13.1 Å². The molecule has 3 aliphatic heterocycles. The highest BCUT2D eigenvalue weighted by Crippen LogP contribution is 2.32. The molecule has 0 spiro atoms. The Morgan fingerprint density at radius 1 is 1.07 bits per heavy atom. The van der Waals surface area contributed by atoms with Crippen LogP contribution in [0.2, 0.25) is 0 Å². The van der Waals surface area contributed by atoms with Gasteiger partial charge in [0.15, 0.2) is 0 Å². The van der Waals surface area contributed by atoms with Crippen molar-refractivity contribution in [3.8, 4) is 0 Å². The Labute approximate surface area is 182 Å². The molecule has 0 saturated carbocycles. The molecular weight excluding hydrogens is 393 g/mol. The van der Waals surface area contributed by atoms with E-state index in [-0.39, 0.29) is 30.7 Å². The molecule has 2 N–H and O–H groups in total. The molecule has 3 aliphatic rings. The smallest absolute Gasteiger partial charge is 0.220 e. The lowest BCUT2D eigenvalue weighted by atomic mass is 9.89. The van der Waals surface area contributed by atoms with Crippen LogP contribution in [0.25, 0.3) is 0 Å². The van der Waals surface area contributed by atoms with Crippen LogP contribution in [0, 0.1) is 5.92 Å². The van der Waals surface area contributed by atoms with Gasteiger partial charge in [-0.25, -0.2) is 0 Å². The zero-order valence-corrected chi connectivity index (χ0v) is 18.4. The molecule has 4 nitrogen and oxygen atoms in total. The van der Waals surface area contributed by atoms with Gasteiger partial charge in [0.05, 0.1) is 0 Å². The van der Waals surface area contributed by atoms with Gasteiger partial charge < -0.3 is 10.6 Å². The lowest BCUT2D eigenvalue weighted by molar-refractivity contribution is -0.123. The number of fused-ring (bicyclic) bond motifs is 2. The second kappa shape index (κ2) is 10.8. The van der Waals surface area contributed by atoms with E-state index in [1.54, 1.807) is 0 Å². The summed E-state index contributed by atoms with van der Waals surface area (Å²) in [5.74, 6) is 0.873. The second-order valence-corrected chi connectivity index (χ2v) is 8.64. The van der Waals surface area contributed by atoms with Gasteiger partial charge >= 0.3 is 0 Å². The van der Waals surface area contributed by atoms with Gasteiger partial charge in [0.25, 0.3) is 0 Å². The summed E-state index contributed by atoms with van der Waals surface area (Å²) in [4.78, 5) is 15.0. The standard InChI is InChI=1S/C22H33N3O.2ClH/c1-16(18-5-3-2-4-6-18)25-11-9-19(10-12-25)24-22(26)15-17-13-20-7-8-21(14-17)23-20;;/h2-6,16-17,19-21,23H,7-15H2,1H3,(H,24,26);2*1H. The van der Waals surface area contributed by atoms with Gasteiger partial charge in [-0.15, -0.1) is 24.8 Å². The number of benzene rings is 1. The molecule has 0 aromatic heterocycles. The fraction of sp³-hybridized carbons (Fsp3) is 0.682. The third kappa shape index (κ3) is 5.85. The van der Waals surface area contributed by atoms with Crippen LogP contribution in [0.15, 0.2) is 30.3 Å². The van der Waals surface area contributed by atoms with E-state index in [4.69, 9.17) is 0 Å². The summed E-state index contributed by atoms with van der Waals surface area (Å²) in [6.45, 7) is 4.43. The minimum absolute atomic E-state index is 0. The SMILES string of the molecule is CC(c1ccccc1)N1CCC(NC(=O)CC2CC3CCC(C2)N3)CC1.Cl.Cl. The molecule has 2 bridgehead atoms. The van der Waals surface area contributed by atoms with Gasteiger partial charge in [-0.2, -0.15) is 0 Å². The summed E-state index contributed by atoms with van der Waals surface area (Å²) in [6.07, 6.45) is 7.87. The summed E-state index contributed by atoms with van der Waals surface area (Å²) < 4.78 is 0. The van der Waals surface area contributed by atoms with Crippen molar-refractivity contribution in [3.63, 3.8) is 0 Å². The normalized spacial score (nSPS) is 28.7. The first-order valence-corrected chi connectivity index (χ1v) is 10.5. The first-order chi connectivity index (χ1) is 12.7. The number of piperidine rings is 2. The number of rotatable bonds is 5.